The van der Waals surface area contributed by atoms with Crippen LogP contribution in [0.4, 0.5) is 14.5 Å². The van der Waals surface area contributed by atoms with E-state index in [1.807, 2.05) is 0 Å². The molecule has 0 radical (unpaired) electrons. The minimum atomic E-state index is -0.508. The molecule has 0 aliphatic heterocycles. The van der Waals surface area contributed by atoms with Crippen molar-refractivity contribution in [2.75, 3.05) is 5.32 Å². The van der Waals surface area contributed by atoms with Gasteiger partial charge in [0.15, 0.2) is 5.82 Å². The zero-order valence-electron chi connectivity index (χ0n) is 9.18. The SMILES string of the molecule is Fc1ccc(Br)c(CNc2cccc(Cl)c2F)c1. The van der Waals surface area contributed by atoms with Crippen molar-refractivity contribution in [1.29, 1.82) is 0 Å². The smallest absolute Gasteiger partial charge is 0.164 e. The fourth-order valence-corrected chi connectivity index (χ4v) is 2.07. The molecule has 1 nitrogen and oxygen atoms in total. The van der Waals surface area contributed by atoms with E-state index in [-0.39, 0.29) is 10.8 Å². The number of rotatable bonds is 3. The predicted octanol–water partition coefficient (Wildman–Crippen LogP) is 4.99. The van der Waals surface area contributed by atoms with Gasteiger partial charge in [0, 0.05) is 11.0 Å². The van der Waals surface area contributed by atoms with E-state index in [4.69, 9.17) is 11.6 Å². The van der Waals surface area contributed by atoms with Crippen molar-refractivity contribution in [1.82, 2.24) is 0 Å². The third-order valence-electron chi connectivity index (χ3n) is 2.43. The molecule has 0 aromatic heterocycles. The first-order chi connectivity index (χ1) is 8.58. The van der Waals surface area contributed by atoms with Crippen LogP contribution in [0.3, 0.4) is 0 Å². The average Bonchev–Trinajstić information content (AvgIpc) is 2.35. The van der Waals surface area contributed by atoms with Crippen molar-refractivity contribution in [2.24, 2.45) is 0 Å². The molecule has 0 spiro atoms. The summed E-state index contributed by atoms with van der Waals surface area (Å²) in [6.45, 7) is 0.301. The van der Waals surface area contributed by atoms with Crippen LogP contribution in [-0.2, 0) is 6.54 Å². The van der Waals surface area contributed by atoms with Crippen LogP contribution in [0.1, 0.15) is 5.56 Å². The van der Waals surface area contributed by atoms with Gasteiger partial charge in [0.05, 0.1) is 10.7 Å². The van der Waals surface area contributed by atoms with E-state index in [1.54, 1.807) is 18.2 Å². The lowest BCUT2D eigenvalue weighted by Crippen LogP contribution is -2.02. The molecule has 18 heavy (non-hydrogen) atoms. The Kier molecular flexibility index (Phi) is 4.19. The summed E-state index contributed by atoms with van der Waals surface area (Å²) in [5.41, 5.74) is 0.994. The highest BCUT2D eigenvalue weighted by atomic mass is 79.9. The number of halogens is 4. The highest BCUT2D eigenvalue weighted by Gasteiger charge is 2.07. The summed E-state index contributed by atoms with van der Waals surface area (Å²) in [6, 6.07) is 9.05. The second kappa shape index (κ2) is 5.67. The molecule has 0 saturated heterocycles. The summed E-state index contributed by atoms with van der Waals surface area (Å²) in [7, 11) is 0. The lowest BCUT2D eigenvalue weighted by atomic mass is 10.2. The van der Waals surface area contributed by atoms with Crippen molar-refractivity contribution >= 4 is 33.2 Å². The lowest BCUT2D eigenvalue weighted by molar-refractivity contribution is 0.624. The van der Waals surface area contributed by atoms with E-state index < -0.39 is 5.82 Å². The maximum absolute atomic E-state index is 13.6. The molecule has 2 rings (SSSR count). The molecule has 0 amide bonds. The molecule has 0 bridgehead atoms. The van der Waals surface area contributed by atoms with Gasteiger partial charge in [-0.05, 0) is 35.9 Å². The minimum absolute atomic E-state index is 0.0540. The number of benzene rings is 2. The van der Waals surface area contributed by atoms with E-state index >= 15 is 0 Å². The van der Waals surface area contributed by atoms with Gasteiger partial charge in [0.2, 0.25) is 0 Å². The molecule has 1 N–H and O–H groups in total. The van der Waals surface area contributed by atoms with Crippen LogP contribution in [0.25, 0.3) is 0 Å². The summed E-state index contributed by atoms with van der Waals surface area (Å²) < 4.78 is 27.4. The Labute approximate surface area is 117 Å². The number of nitrogens with one attached hydrogen (secondary N) is 1. The van der Waals surface area contributed by atoms with Gasteiger partial charge < -0.3 is 5.32 Å². The predicted molar refractivity (Wildman–Crippen MR) is 72.8 cm³/mol. The van der Waals surface area contributed by atoms with Crippen LogP contribution in [0.15, 0.2) is 40.9 Å². The van der Waals surface area contributed by atoms with Crippen LogP contribution in [0, 0.1) is 11.6 Å². The van der Waals surface area contributed by atoms with Gasteiger partial charge in [0.25, 0.3) is 0 Å². The van der Waals surface area contributed by atoms with E-state index in [0.717, 1.165) is 4.47 Å². The van der Waals surface area contributed by atoms with Crippen LogP contribution < -0.4 is 5.32 Å². The zero-order valence-corrected chi connectivity index (χ0v) is 11.5. The van der Waals surface area contributed by atoms with Crippen LogP contribution in [0.5, 0.6) is 0 Å². The van der Waals surface area contributed by atoms with Gasteiger partial charge in [-0.25, -0.2) is 8.78 Å². The summed E-state index contributed by atoms with van der Waals surface area (Å²) in [5.74, 6) is -0.840. The van der Waals surface area contributed by atoms with Gasteiger partial charge in [-0.15, -0.1) is 0 Å². The Balaban J connectivity index is 2.16. The number of anilines is 1. The molecule has 0 saturated carbocycles. The Morgan fingerprint density at radius 1 is 1.17 bits per heavy atom. The van der Waals surface area contributed by atoms with Crippen molar-refractivity contribution in [3.05, 3.63) is 63.1 Å². The Morgan fingerprint density at radius 3 is 2.72 bits per heavy atom. The molecular weight excluding hydrogens is 324 g/mol. The number of hydrogen-bond donors (Lipinski definition) is 1. The molecule has 0 unspecified atom stereocenters. The molecule has 94 valence electrons. The quantitative estimate of drug-likeness (QED) is 0.834. The van der Waals surface area contributed by atoms with E-state index in [9.17, 15) is 8.78 Å². The maximum atomic E-state index is 13.6. The molecule has 2 aromatic carbocycles. The second-order valence-corrected chi connectivity index (χ2v) is 4.95. The highest BCUT2D eigenvalue weighted by Crippen LogP contribution is 2.24. The summed E-state index contributed by atoms with van der Waals surface area (Å²) in [4.78, 5) is 0. The topological polar surface area (TPSA) is 12.0 Å². The molecule has 0 heterocycles. The van der Waals surface area contributed by atoms with E-state index in [0.29, 0.717) is 17.8 Å². The van der Waals surface area contributed by atoms with E-state index in [1.165, 1.54) is 18.2 Å². The third-order valence-corrected chi connectivity index (χ3v) is 3.49. The molecular formula is C13H9BrClF2N. The monoisotopic (exact) mass is 331 g/mol. The Bertz CT molecular complexity index is 573. The summed E-state index contributed by atoms with van der Waals surface area (Å²) >= 11 is 8.98. The molecule has 2 aromatic rings. The van der Waals surface area contributed by atoms with Gasteiger partial charge in [-0.2, -0.15) is 0 Å². The fourth-order valence-electron chi connectivity index (χ4n) is 1.51. The molecule has 5 heteroatoms. The van der Waals surface area contributed by atoms with Crippen LogP contribution in [0.2, 0.25) is 5.02 Å². The minimum Gasteiger partial charge on any atom is -0.379 e. The maximum Gasteiger partial charge on any atom is 0.164 e. The first-order valence-electron chi connectivity index (χ1n) is 5.20. The van der Waals surface area contributed by atoms with Gasteiger partial charge >= 0.3 is 0 Å². The van der Waals surface area contributed by atoms with Crippen LogP contribution >= 0.6 is 27.5 Å². The molecule has 0 aliphatic carbocycles. The van der Waals surface area contributed by atoms with E-state index in [2.05, 4.69) is 21.2 Å². The van der Waals surface area contributed by atoms with Crippen molar-refractivity contribution in [2.45, 2.75) is 6.54 Å². The van der Waals surface area contributed by atoms with Crippen LogP contribution in [-0.4, -0.2) is 0 Å². The van der Waals surface area contributed by atoms with Gasteiger partial charge in [0.1, 0.15) is 5.82 Å². The fraction of sp³-hybridized carbons (Fsp3) is 0.0769. The summed E-state index contributed by atoms with van der Waals surface area (Å²) in [5, 5.41) is 2.94. The molecule has 0 aliphatic rings. The van der Waals surface area contributed by atoms with Crippen molar-refractivity contribution in [3.63, 3.8) is 0 Å². The molecule has 0 fully saturated rings. The normalized spacial score (nSPS) is 10.4. The number of hydrogen-bond acceptors (Lipinski definition) is 1. The zero-order chi connectivity index (χ0) is 13.1. The lowest BCUT2D eigenvalue weighted by Gasteiger charge is -2.10. The first kappa shape index (κ1) is 13.3. The average molecular weight is 333 g/mol. The van der Waals surface area contributed by atoms with Gasteiger partial charge in [-0.3, -0.25) is 0 Å². The largest absolute Gasteiger partial charge is 0.379 e. The second-order valence-electron chi connectivity index (χ2n) is 3.69. The standard InChI is InChI=1S/C13H9BrClF2N/c14-10-5-4-9(16)6-8(10)7-18-12-3-1-2-11(15)13(12)17/h1-6,18H,7H2. The molecule has 0 atom stereocenters. The Morgan fingerprint density at radius 2 is 1.94 bits per heavy atom. The first-order valence-corrected chi connectivity index (χ1v) is 6.37. The third kappa shape index (κ3) is 3.00. The van der Waals surface area contributed by atoms with Crippen molar-refractivity contribution < 1.29 is 8.78 Å². The van der Waals surface area contributed by atoms with Crippen molar-refractivity contribution in [3.8, 4) is 0 Å². The summed E-state index contributed by atoms with van der Waals surface area (Å²) in [6.07, 6.45) is 0. The Hall–Kier alpha value is -1.13. The highest BCUT2D eigenvalue weighted by molar-refractivity contribution is 9.10. The van der Waals surface area contributed by atoms with Gasteiger partial charge in [-0.1, -0.05) is 33.6 Å².